The third-order valence-electron chi connectivity index (χ3n) is 2.63. The van der Waals surface area contributed by atoms with Gasteiger partial charge in [-0.25, -0.2) is 13.1 Å². The molecule has 4 N–H and O–H groups in total. The van der Waals surface area contributed by atoms with Crippen LogP contribution in [0.15, 0.2) is 16.3 Å². The predicted octanol–water partition coefficient (Wildman–Crippen LogP) is 1.00. The summed E-state index contributed by atoms with van der Waals surface area (Å²) in [6, 6.07) is 2.79. The number of nitrogens with one attached hydrogen (secondary N) is 2. The maximum atomic E-state index is 11.9. The minimum Gasteiger partial charge on any atom is -0.353 e. The Hall–Kier alpha value is -0.670. The van der Waals surface area contributed by atoms with Gasteiger partial charge in [0.05, 0.1) is 6.04 Å². The van der Waals surface area contributed by atoms with Crippen molar-refractivity contribution in [2.24, 2.45) is 5.73 Å². The van der Waals surface area contributed by atoms with E-state index in [9.17, 15) is 13.2 Å². The molecule has 0 radical (unpaired) electrons. The summed E-state index contributed by atoms with van der Waals surface area (Å²) >= 11 is 1.21. The van der Waals surface area contributed by atoms with Crippen LogP contribution in [0.5, 0.6) is 0 Å². The summed E-state index contributed by atoms with van der Waals surface area (Å²) in [5.41, 5.74) is 5.64. The molecule has 1 rings (SSSR count). The van der Waals surface area contributed by atoms with E-state index < -0.39 is 16.1 Å². The zero-order chi connectivity index (χ0) is 15.2. The van der Waals surface area contributed by atoms with Gasteiger partial charge in [0.15, 0.2) is 0 Å². The van der Waals surface area contributed by atoms with Crippen LogP contribution >= 0.6 is 23.7 Å². The van der Waals surface area contributed by atoms with Crippen molar-refractivity contribution in [1.82, 2.24) is 10.0 Å². The number of rotatable bonds is 8. The highest BCUT2D eigenvalue weighted by Gasteiger charge is 2.16. The van der Waals surface area contributed by atoms with Crippen molar-refractivity contribution in [1.29, 1.82) is 0 Å². The van der Waals surface area contributed by atoms with Crippen molar-refractivity contribution in [3.05, 3.63) is 17.0 Å². The number of hydrogen-bond acceptors (Lipinski definition) is 5. The molecule has 122 valence electrons. The van der Waals surface area contributed by atoms with Crippen LogP contribution in [-0.4, -0.2) is 33.5 Å². The molecule has 1 aromatic rings. The average molecular weight is 356 g/mol. The van der Waals surface area contributed by atoms with Gasteiger partial charge >= 0.3 is 0 Å². The van der Waals surface area contributed by atoms with E-state index in [0.29, 0.717) is 6.42 Å². The summed E-state index contributed by atoms with van der Waals surface area (Å²) in [5.74, 6) is -0.252. The van der Waals surface area contributed by atoms with Gasteiger partial charge in [-0.3, -0.25) is 4.79 Å². The van der Waals surface area contributed by atoms with E-state index in [1.54, 1.807) is 12.1 Å². The Kier molecular flexibility index (Phi) is 9.07. The topological polar surface area (TPSA) is 101 Å². The first-order valence-corrected chi connectivity index (χ1v) is 8.76. The summed E-state index contributed by atoms with van der Waals surface area (Å²) in [4.78, 5) is 12.5. The normalized spacial score (nSPS) is 12.5. The van der Waals surface area contributed by atoms with E-state index in [1.807, 2.05) is 13.8 Å². The quantitative estimate of drug-likeness (QED) is 0.605. The van der Waals surface area contributed by atoms with Gasteiger partial charge in [0, 0.05) is 18.0 Å². The maximum Gasteiger partial charge on any atom is 0.250 e. The highest BCUT2D eigenvalue weighted by atomic mass is 35.5. The van der Waals surface area contributed by atoms with E-state index >= 15 is 0 Å². The molecule has 0 saturated carbocycles. The Labute approximate surface area is 136 Å². The Bertz CT molecular complexity index is 546. The van der Waals surface area contributed by atoms with Gasteiger partial charge in [-0.2, -0.15) is 0 Å². The van der Waals surface area contributed by atoms with Gasteiger partial charge in [-0.1, -0.05) is 13.3 Å². The second-order valence-corrected chi connectivity index (χ2v) is 7.73. The Morgan fingerprint density at radius 3 is 2.57 bits per heavy atom. The van der Waals surface area contributed by atoms with Crippen molar-refractivity contribution < 1.29 is 13.2 Å². The molecule has 1 heterocycles. The molecule has 0 aliphatic rings. The summed E-state index contributed by atoms with van der Waals surface area (Å²) in [6.45, 7) is 4.16. The zero-order valence-electron chi connectivity index (χ0n) is 12.1. The van der Waals surface area contributed by atoms with E-state index in [2.05, 4.69) is 10.0 Å². The molecule has 6 nitrogen and oxygen atoms in total. The first-order valence-electron chi connectivity index (χ1n) is 6.46. The number of nitrogens with two attached hydrogens (primary N) is 1. The number of halogens is 1. The summed E-state index contributed by atoms with van der Waals surface area (Å²) in [6.07, 6.45) is 1.45. The fraction of sp³-hybridized carbons (Fsp3) is 0.583. The van der Waals surface area contributed by atoms with Gasteiger partial charge in [-0.15, -0.1) is 23.7 Å². The molecule has 0 aromatic carbocycles. The first kappa shape index (κ1) is 20.3. The molecule has 1 unspecified atom stereocenters. The Balaban J connectivity index is 0.00000400. The number of hydrogen-bond donors (Lipinski definition) is 3. The maximum absolute atomic E-state index is 11.9. The zero-order valence-corrected chi connectivity index (χ0v) is 14.5. The molecule has 0 fully saturated rings. The van der Waals surface area contributed by atoms with Crippen molar-refractivity contribution in [2.45, 2.75) is 36.9 Å². The van der Waals surface area contributed by atoms with Crippen LogP contribution in [0, 0.1) is 6.92 Å². The minimum atomic E-state index is -3.48. The van der Waals surface area contributed by atoms with Crippen LogP contribution < -0.4 is 15.8 Å². The predicted molar refractivity (Wildman–Crippen MR) is 87.4 cm³/mol. The molecule has 21 heavy (non-hydrogen) atoms. The van der Waals surface area contributed by atoms with Crippen molar-refractivity contribution in [3.8, 4) is 0 Å². The lowest BCUT2D eigenvalue weighted by molar-refractivity contribution is -0.122. The smallest absolute Gasteiger partial charge is 0.250 e. The Morgan fingerprint density at radius 2 is 2.05 bits per heavy atom. The number of thiophene rings is 1. The van der Waals surface area contributed by atoms with Crippen molar-refractivity contribution in [2.75, 3.05) is 13.1 Å². The van der Waals surface area contributed by atoms with Crippen LogP contribution in [0.25, 0.3) is 0 Å². The fourth-order valence-corrected chi connectivity index (χ4v) is 3.93. The lowest BCUT2D eigenvalue weighted by Crippen LogP contribution is -2.43. The second kappa shape index (κ2) is 9.37. The van der Waals surface area contributed by atoms with Gasteiger partial charge in [0.1, 0.15) is 4.21 Å². The van der Waals surface area contributed by atoms with E-state index in [4.69, 9.17) is 5.73 Å². The largest absolute Gasteiger partial charge is 0.353 e. The lowest BCUT2D eigenvalue weighted by atomic mass is 10.2. The molecule has 1 aromatic heterocycles. The lowest BCUT2D eigenvalue weighted by Gasteiger charge is -2.11. The number of sulfonamides is 1. The van der Waals surface area contributed by atoms with Crippen LogP contribution in [0.1, 0.15) is 24.6 Å². The number of carbonyl (C=O) groups is 1. The molecule has 1 amide bonds. The minimum absolute atomic E-state index is 0. The van der Waals surface area contributed by atoms with Gasteiger partial charge in [0.2, 0.25) is 15.9 Å². The van der Waals surface area contributed by atoms with Gasteiger partial charge in [0.25, 0.3) is 0 Å². The molecule has 0 saturated heterocycles. The molecular formula is C12H22ClN3O3S2. The van der Waals surface area contributed by atoms with Crippen LogP contribution in [0.3, 0.4) is 0 Å². The molecule has 0 bridgehead atoms. The van der Waals surface area contributed by atoms with Crippen molar-refractivity contribution in [3.63, 3.8) is 0 Å². The average Bonchev–Trinajstić information content (AvgIpc) is 2.82. The van der Waals surface area contributed by atoms with E-state index in [1.165, 1.54) is 11.3 Å². The molecule has 0 aliphatic carbocycles. The molecule has 1 atom stereocenters. The number of aryl methyl sites for hydroxylation is 1. The monoisotopic (exact) mass is 355 g/mol. The van der Waals surface area contributed by atoms with Gasteiger partial charge < -0.3 is 11.1 Å². The van der Waals surface area contributed by atoms with Gasteiger partial charge in [-0.05, 0) is 25.5 Å². The standard InChI is InChI=1S/C12H21N3O3S2.ClH/c1-3-4-10(13)12(16)14-7-8-15-20(17,18)11-6-5-9(2)19-11;/h5-6,10,15H,3-4,7-8,13H2,1-2H3,(H,14,16);1H. The third-order valence-corrected chi connectivity index (χ3v) is 5.59. The van der Waals surface area contributed by atoms with Crippen LogP contribution in [-0.2, 0) is 14.8 Å². The SMILES string of the molecule is CCCC(N)C(=O)NCCNS(=O)(=O)c1ccc(C)s1.Cl. The second-order valence-electron chi connectivity index (χ2n) is 4.45. The summed E-state index contributed by atoms with van der Waals surface area (Å²) in [5, 5.41) is 2.61. The number of amides is 1. The number of carbonyl (C=O) groups excluding carboxylic acids is 1. The summed E-state index contributed by atoms with van der Waals surface area (Å²) < 4.78 is 26.5. The third kappa shape index (κ3) is 6.75. The van der Waals surface area contributed by atoms with Crippen LogP contribution in [0.2, 0.25) is 0 Å². The highest BCUT2D eigenvalue weighted by molar-refractivity contribution is 7.91. The van der Waals surface area contributed by atoms with Crippen molar-refractivity contribution >= 4 is 39.7 Å². The molecule has 0 spiro atoms. The van der Waals surface area contributed by atoms with Crippen LogP contribution in [0.4, 0.5) is 0 Å². The Morgan fingerprint density at radius 1 is 1.38 bits per heavy atom. The molecule has 0 aliphatic heterocycles. The van der Waals surface area contributed by atoms with E-state index in [0.717, 1.165) is 11.3 Å². The molecular weight excluding hydrogens is 334 g/mol. The molecule has 9 heteroatoms. The fourth-order valence-electron chi connectivity index (χ4n) is 1.57. The summed E-state index contributed by atoms with van der Waals surface area (Å²) in [7, 11) is -3.48. The highest BCUT2D eigenvalue weighted by Crippen LogP contribution is 2.19. The first-order chi connectivity index (χ1) is 9.36. The van der Waals surface area contributed by atoms with E-state index in [-0.39, 0.29) is 35.6 Å².